The van der Waals surface area contributed by atoms with E-state index in [0.29, 0.717) is 0 Å². The van der Waals surface area contributed by atoms with Crippen LogP contribution in [0.15, 0.2) is 18.6 Å². The Bertz CT molecular complexity index is 400. The number of H-pyrrole nitrogens is 1. The summed E-state index contributed by atoms with van der Waals surface area (Å²) in [7, 11) is 0. The van der Waals surface area contributed by atoms with Crippen molar-refractivity contribution in [2.45, 2.75) is 26.8 Å². The summed E-state index contributed by atoms with van der Waals surface area (Å²) in [5, 5.41) is 4.42. The van der Waals surface area contributed by atoms with Gasteiger partial charge >= 0.3 is 0 Å². The Morgan fingerprint density at radius 2 is 2.36 bits per heavy atom. The second-order valence-electron chi connectivity index (χ2n) is 3.35. The van der Waals surface area contributed by atoms with E-state index in [0.717, 1.165) is 30.0 Å². The number of nitrogens with one attached hydrogen (secondary N) is 1. The summed E-state index contributed by atoms with van der Waals surface area (Å²) >= 11 is 0. The summed E-state index contributed by atoms with van der Waals surface area (Å²) in [5.41, 5.74) is 3.08. The van der Waals surface area contributed by atoms with Gasteiger partial charge in [-0.05, 0) is 19.4 Å². The highest BCUT2D eigenvalue weighted by molar-refractivity contribution is 5.53. The third-order valence-electron chi connectivity index (χ3n) is 2.10. The highest BCUT2D eigenvalue weighted by Crippen LogP contribution is 2.17. The minimum Gasteiger partial charge on any atom is -0.351 e. The normalized spacial score (nSPS) is 10.7. The Morgan fingerprint density at radius 3 is 3.00 bits per heavy atom. The molecule has 2 heterocycles. The molecule has 0 aliphatic heterocycles. The van der Waals surface area contributed by atoms with Gasteiger partial charge in [-0.1, -0.05) is 6.92 Å². The molecule has 0 aromatic carbocycles. The number of nitrogens with zero attached hydrogens (tertiary/aromatic N) is 3. The molecular formula is C10H14N4. The van der Waals surface area contributed by atoms with Gasteiger partial charge in [0.25, 0.3) is 0 Å². The second-order valence-corrected chi connectivity index (χ2v) is 3.35. The Balaban J connectivity index is 2.41. The van der Waals surface area contributed by atoms with Crippen molar-refractivity contribution in [1.29, 1.82) is 0 Å². The van der Waals surface area contributed by atoms with E-state index < -0.39 is 0 Å². The van der Waals surface area contributed by atoms with E-state index in [1.807, 2.05) is 17.8 Å². The van der Waals surface area contributed by atoms with E-state index in [1.54, 1.807) is 6.33 Å². The average molecular weight is 190 g/mol. The third-order valence-corrected chi connectivity index (χ3v) is 2.10. The molecule has 0 fully saturated rings. The van der Waals surface area contributed by atoms with E-state index in [-0.39, 0.29) is 0 Å². The SMILES string of the molecule is CCCn1nc(C)cc1-c1c[nH]cn1. The van der Waals surface area contributed by atoms with Crippen molar-refractivity contribution in [3.05, 3.63) is 24.3 Å². The van der Waals surface area contributed by atoms with E-state index >= 15 is 0 Å². The predicted octanol–water partition coefficient (Wildman–Crippen LogP) is 1.99. The third kappa shape index (κ3) is 1.55. The van der Waals surface area contributed by atoms with Crippen molar-refractivity contribution in [1.82, 2.24) is 19.7 Å². The topological polar surface area (TPSA) is 46.5 Å². The Hall–Kier alpha value is -1.58. The fourth-order valence-corrected chi connectivity index (χ4v) is 1.53. The molecule has 0 saturated heterocycles. The fourth-order valence-electron chi connectivity index (χ4n) is 1.53. The molecule has 4 heteroatoms. The van der Waals surface area contributed by atoms with Crippen LogP contribution in [0.3, 0.4) is 0 Å². The van der Waals surface area contributed by atoms with E-state index in [2.05, 4.69) is 28.1 Å². The predicted molar refractivity (Wildman–Crippen MR) is 54.8 cm³/mol. The van der Waals surface area contributed by atoms with Gasteiger partial charge < -0.3 is 4.98 Å². The summed E-state index contributed by atoms with van der Waals surface area (Å²) in [6, 6.07) is 2.06. The molecule has 0 unspecified atom stereocenters. The molecule has 0 amide bonds. The minimum absolute atomic E-state index is 0.941. The number of hydrogen-bond acceptors (Lipinski definition) is 2. The molecule has 74 valence electrons. The molecule has 1 N–H and O–H groups in total. The maximum absolute atomic E-state index is 4.42. The molecule has 4 nitrogen and oxygen atoms in total. The molecular weight excluding hydrogens is 176 g/mol. The van der Waals surface area contributed by atoms with Gasteiger partial charge in [0.05, 0.1) is 17.7 Å². The lowest BCUT2D eigenvalue weighted by atomic mass is 10.3. The molecule has 2 rings (SSSR count). The Labute approximate surface area is 83.0 Å². The molecule has 0 bridgehead atoms. The van der Waals surface area contributed by atoms with E-state index in [1.165, 1.54) is 0 Å². The van der Waals surface area contributed by atoms with Gasteiger partial charge in [-0.3, -0.25) is 4.68 Å². The average Bonchev–Trinajstić information content (AvgIpc) is 2.74. The number of aromatic nitrogens is 4. The molecule has 0 aliphatic carbocycles. The van der Waals surface area contributed by atoms with Gasteiger partial charge in [-0.2, -0.15) is 5.10 Å². The zero-order chi connectivity index (χ0) is 9.97. The largest absolute Gasteiger partial charge is 0.351 e. The van der Waals surface area contributed by atoms with E-state index in [4.69, 9.17) is 0 Å². The number of aromatic amines is 1. The lowest BCUT2D eigenvalue weighted by Crippen LogP contribution is -2.01. The zero-order valence-corrected chi connectivity index (χ0v) is 8.49. The maximum atomic E-state index is 4.42. The molecule has 2 aromatic rings. The van der Waals surface area contributed by atoms with Gasteiger partial charge in [-0.15, -0.1) is 0 Å². The van der Waals surface area contributed by atoms with Crippen LogP contribution in [-0.4, -0.2) is 19.7 Å². The first kappa shape index (κ1) is 8.99. The van der Waals surface area contributed by atoms with Crippen LogP contribution in [0, 0.1) is 6.92 Å². The number of hydrogen-bond donors (Lipinski definition) is 1. The number of rotatable bonds is 3. The molecule has 2 aromatic heterocycles. The van der Waals surface area contributed by atoms with Crippen LogP contribution in [-0.2, 0) is 6.54 Å². The quantitative estimate of drug-likeness (QED) is 0.804. The van der Waals surface area contributed by atoms with Crippen molar-refractivity contribution < 1.29 is 0 Å². The summed E-state index contributed by atoms with van der Waals surface area (Å²) in [6.07, 6.45) is 4.66. The first-order valence-corrected chi connectivity index (χ1v) is 4.85. The standard InChI is InChI=1S/C10H14N4/c1-3-4-14-10(5-8(2)13-14)9-6-11-7-12-9/h5-7H,3-4H2,1-2H3,(H,11,12). The maximum Gasteiger partial charge on any atom is 0.106 e. The second kappa shape index (κ2) is 3.65. The summed E-state index contributed by atoms with van der Waals surface area (Å²) in [5.74, 6) is 0. The van der Waals surface area contributed by atoms with Gasteiger partial charge in [0, 0.05) is 12.7 Å². The van der Waals surface area contributed by atoms with Gasteiger partial charge in [0.1, 0.15) is 5.69 Å². The van der Waals surface area contributed by atoms with Crippen LogP contribution in [0.5, 0.6) is 0 Å². The molecule has 0 radical (unpaired) electrons. The molecule has 0 spiro atoms. The summed E-state index contributed by atoms with van der Waals surface area (Å²) in [6.45, 7) is 5.09. The first-order valence-electron chi connectivity index (χ1n) is 4.85. The zero-order valence-electron chi connectivity index (χ0n) is 8.49. The van der Waals surface area contributed by atoms with Crippen molar-refractivity contribution in [3.8, 4) is 11.4 Å². The minimum atomic E-state index is 0.941. The summed E-state index contributed by atoms with van der Waals surface area (Å²) in [4.78, 5) is 7.18. The molecule has 0 aliphatic rings. The summed E-state index contributed by atoms with van der Waals surface area (Å²) < 4.78 is 2.01. The Morgan fingerprint density at radius 1 is 1.50 bits per heavy atom. The fraction of sp³-hybridized carbons (Fsp3) is 0.400. The smallest absolute Gasteiger partial charge is 0.106 e. The van der Waals surface area contributed by atoms with Crippen molar-refractivity contribution in [2.24, 2.45) is 0 Å². The highest BCUT2D eigenvalue weighted by atomic mass is 15.3. The van der Waals surface area contributed by atoms with Crippen LogP contribution in [0.1, 0.15) is 19.0 Å². The van der Waals surface area contributed by atoms with Crippen LogP contribution in [0.2, 0.25) is 0 Å². The highest BCUT2D eigenvalue weighted by Gasteiger charge is 2.08. The number of aryl methyl sites for hydroxylation is 2. The lowest BCUT2D eigenvalue weighted by molar-refractivity contribution is 0.603. The monoisotopic (exact) mass is 190 g/mol. The number of imidazole rings is 1. The van der Waals surface area contributed by atoms with Gasteiger partial charge in [-0.25, -0.2) is 4.98 Å². The van der Waals surface area contributed by atoms with Crippen molar-refractivity contribution >= 4 is 0 Å². The molecule has 14 heavy (non-hydrogen) atoms. The molecule has 0 atom stereocenters. The van der Waals surface area contributed by atoms with Gasteiger partial charge in [0.2, 0.25) is 0 Å². The van der Waals surface area contributed by atoms with Crippen LogP contribution in [0.4, 0.5) is 0 Å². The van der Waals surface area contributed by atoms with Crippen molar-refractivity contribution in [3.63, 3.8) is 0 Å². The van der Waals surface area contributed by atoms with E-state index in [9.17, 15) is 0 Å². The van der Waals surface area contributed by atoms with Crippen molar-refractivity contribution in [2.75, 3.05) is 0 Å². The molecule has 0 saturated carbocycles. The van der Waals surface area contributed by atoms with Gasteiger partial charge in [0.15, 0.2) is 0 Å². The lowest BCUT2D eigenvalue weighted by Gasteiger charge is -2.02. The van der Waals surface area contributed by atoms with Crippen LogP contribution in [0.25, 0.3) is 11.4 Å². The first-order chi connectivity index (χ1) is 6.81. The van der Waals surface area contributed by atoms with Crippen LogP contribution < -0.4 is 0 Å². The Kier molecular flexibility index (Phi) is 2.35. The van der Waals surface area contributed by atoms with Crippen LogP contribution >= 0.6 is 0 Å².